The number of hydrogen-bond donors (Lipinski definition) is 0. The van der Waals surface area contributed by atoms with Crippen LogP contribution in [0.1, 0.15) is 34.1 Å². The molecule has 0 spiro atoms. The van der Waals surface area contributed by atoms with Crippen LogP contribution in [0.3, 0.4) is 0 Å². The Hall–Kier alpha value is 2.09. The molecule has 12 heavy (non-hydrogen) atoms. The molecule has 0 aliphatic heterocycles. The third-order valence-corrected chi connectivity index (χ3v) is 3.80. The van der Waals surface area contributed by atoms with E-state index in [9.17, 15) is 0 Å². The van der Waals surface area contributed by atoms with Crippen LogP contribution in [0.15, 0.2) is 0 Å². The van der Waals surface area contributed by atoms with Crippen molar-refractivity contribution in [2.45, 2.75) is 38.9 Å². The van der Waals surface area contributed by atoms with Crippen LogP contribution >= 0.6 is 21.6 Å². The van der Waals surface area contributed by atoms with Crippen molar-refractivity contribution in [3.63, 3.8) is 0 Å². The van der Waals surface area contributed by atoms with Crippen LogP contribution < -0.4 is 0 Å². The topological polar surface area (TPSA) is 0 Å². The Balaban J connectivity index is -0.000000249. The van der Waals surface area contributed by atoms with Crippen LogP contribution in [0.5, 0.6) is 0 Å². The van der Waals surface area contributed by atoms with Gasteiger partial charge in [0.15, 0.2) is 0 Å². The van der Waals surface area contributed by atoms with E-state index < -0.39 is 0 Å². The van der Waals surface area contributed by atoms with Gasteiger partial charge in [-0.1, -0.05) is 27.7 Å². The fraction of sp³-hybridized carbons (Fsp3) is 0.857. The average Bonchev–Trinajstić information content (AvgIpc) is 1.90. The van der Waals surface area contributed by atoms with Gasteiger partial charge < -0.3 is 23.3 Å². The van der Waals surface area contributed by atoms with Crippen molar-refractivity contribution in [2.75, 3.05) is 0 Å². The number of rotatable bonds is 3. The molecule has 0 aromatic heterocycles. The summed E-state index contributed by atoms with van der Waals surface area (Å²) in [7, 11) is 3.77. The van der Waals surface area contributed by atoms with Crippen LogP contribution in [0, 0.1) is 5.75 Å². The van der Waals surface area contributed by atoms with E-state index in [0.29, 0.717) is 4.75 Å². The summed E-state index contributed by atoms with van der Waals surface area (Å²) in [5.41, 5.74) is 0. The first kappa shape index (κ1) is 19.6. The third kappa shape index (κ3) is 22.7. The van der Waals surface area contributed by atoms with Gasteiger partial charge in [0, 0.05) is 25.8 Å². The SMILES string of the molecule is CC[CH-]SSC(C)(C)C.[S-][S-].[W]. The van der Waals surface area contributed by atoms with Crippen molar-refractivity contribution in [2.24, 2.45) is 0 Å². The van der Waals surface area contributed by atoms with Crippen LogP contribution in [-0.2, 0) is 44.4 Å². The summed E-state index contributed by atoms with van der Waals surface area (Å²) in [5, 5.41) is 0. The van der Waals surface area contributed by atoms with E-state index in [4.69, 9.17) is 0 Å². The van der Waals surface area contributed by atoms with E-state index in [1.807, 2.05) is 21.6 Å². The fourth-order valence-electron chi connectivity index (χ4n) is 0.246. The molecular weight excluding hydrogens is 396 g/mol. The van der Waals surface area contributed by atoms with Gasteiger partial charge in [0.1, 0.15) is 0 Å². The molecule has 0 radical (unpaired) electrons. The summed E-state index contributed by atoms with van der Waals surface area (Å²) in [6.45, 7) is 8.85. The summed E-state index contributed by atoms with van der Waals surface area (Å²) in [6.07, 6.45) is 1.16. The van der Waals surface area contributed by atoms with Gasteiger partial charge in [0.25, 0.3) is 0 Å². The van der Waals surface area contributed by atoms with Crippen LogP contribution in [0.25, 0.3) is 0 Å². The van der Waals surface area contributed by atoms with E-state index in [-0.39, 0.29) is 21.1 Å². The Bertz CT molecular complexity index is 72.3. The van der Waals surface area contributed by atoms with Crippen molar-refractivity contribution in [1.29, 1.82) is 0 Å². The average molecular weight is 411 g/mol. The van der Waals surface area contributed by atoms with Gasteiger partial charge >= 0.3 is 0 Å². The monoisotopic (exact) mass is 411 g/mol. The molecule has 0 aromatic carbocycles. The predicted octanol–water partition coefficient (Wildman–Crippen LogP) is 3.73. The zero-order valence-electron chi connectivity index (χ0n) is 7.83. The Kier molecular flexibility index (Phi) is 21.4. The summed E-state index contributed by atoms with van der Waals surface area (Å²) < 4.78 is 0.399. The first-order valence-electron chi connectivity index (χ1n) is 3.39. The summed E-state index contributed by atoms with van der Waals surface area (Å²) in [5.74, 6) is 2.23. The minimum absolute atomic E-state index is 0. The maximum atomic E-state index is 3.67. The third-order valence-electron chi connectivity index (χ3n) is 0.533. The van der Waals surface area contributed by atoms with Crippen LogP contribution in [0.2, 0.25) is 0 Å². The molecule has 0 rings (SSSR count). The minimum atomic E-state index is 0. The molecule has 76 valence electrons. The summed E-state index contributed by atoms with van der Waals surface area (Å²) >= 11 is 7.33. The second-order valence-electron chi connectivity index (χ2n) is 2.87. The molecule has 0 bridgehead atoms. The van der Waals surface area contributed by atoms with E-state index in [1.165, 1.54) is 0 Å². The predicted molar refractivity (Wildman–Crippen MR) is 64.3 cm³/mol. The zero-order valence-corrected chi connectivity index (χ0v) is 14.0. The normalized spacial score (nSPS) is 9.50. The second kappa shape index (κ2) is 13.1. The molecule has 0 amide bonds. The van der Waals surface area contributed by atoms with E-state index >= 15 is 0 Å². The van der Waals surface area contributed by atoms with Gasteiger partial charge in [0.05, 0.1) is 0 Å². The smallest absolute Gasteiger partial charge is 0.0153 e. The maximum absolute atomic E-state index is 3.67. The molecule has 0 aromatic rings. The molecule has 0 aliphatic rings. The van der Waals surface area contributed by atoms with Gasteiger partial charge in [0.2, 0.25) is 0 Å². The molecule has 0 heterocycles. The van der Waals surface area contributed by atoms with Gasteiger partial charge in [-0.2, -0.15) is 6.42 Å². The molecule has 0 saturated heterocycles. The molecular formula is C7H15S4W-3. The molecule has 0 fully saturated rings. The molecule has 0 atom stereocenters. The Morgan fingerprint density at radius 2 is 1.67 bits per heavy atom. The van der Waals surface area contributed by atoms with E-state index in [2.05, 4.69) is 56.8 Å². The maximum Gasteiger partial charge on any atom is 0.0153 e. The summed E-state index contributed by atoms with van der Waals surface area (Å²) in [4.78, 5) is 0. The molecule has 0 N–H and O–H groups in total. The van der Waals surface area contributed by atoms with Crippen molar-refractivity contribution in [3.8, 4) is 0 Å². The van der Waals surface area contributed by atoms with Gasteiger partial charge in [-0.05, 0) is 0 Å². The number of hydrogen-bond acceptors (Lipinski definition) is 4. The van der Waals surface area contributed by atoms with Gasteiger partial charge in [-0.15, -0.1) is 10.8 Å². The van der Waals surface area contributed by atoms with E-state index in [1.54, 1.807) is 0 Å². The molecule has 0 unspecified atom stereocenters. The molecule has 5 heteroatoms. The first-order chi connectivity index (χ1) is 5.06. The fourth-order valence-corrected chi connectivity index (χ4v) is 2.22. The molecule has 0 saturated carbocycles. The van der Waals surface area contributed by atoms with E-state index in [0.717, 1.165) is 6.42 Å². The van der Waals surface area contributed by atoms with Crippen LogP contribution in [0.4, 0.5) is 0 Å². The Labute approximate surface area is 110 Å². The van der Waals surface area contributed by atoms with Gasteiger partial charge in [-0.3, -0.25) is 16.5 Å². The Morgan fingerprint density at radius 1 is 1.25 bits per heavy atom. The van der Waals surface area contributed by atoms with Crippen molar-refractivity contribution in [1.82, 2.24) is 0 Å². The van der Waals surface area contributed by atoms with Crippen molar-refractivity contribution >= 4 is 44.9 Å². The van der Waals surface area contributed by atoms with Crippen LogP contribution in [-0.4, -0.2) is 4.75 Å². The molecule has 0 aliphatic carbocycles. The second-order valence-corrected chi connectivity index (χ2v) is 5.86. The standard InChI is InChI=1S/C7H15S2.S2.W/c1-5-6-8-9-7(2,3)4;1-2;/h6H,5H2,1-4H3;;/q-1;-2;. The minimum Gasteiger partial charge on any atom is -1.00 e. The molecule has 0 nitrogen and oxygen atoms in total. The van der Waals surface area contributed by atoms with Gasteiger partial charge in [-0.25, -0.2) is 0 Å². The Morgan fingerprint density at radius 3 is 1.92 bits per heavy atom. The van der Waals surface area contributed by atoms with Crippen molar-refractivity contribution < 1.29 is 21.1 Å². The first-order valence-corrected chi connectivity index (χ1v) is 6.93. The van der Waals surface area contributed by atoms with Crippen molar-refractivity contribution in [3.05, 3.63) is 5.75 Å². The largest absolute Gasteiger partial charge is 1.00 e. The summed E-state index contributed by atoms with van der Waals surface area (Å²) in [6, 6.07) is 0. The zero-order chi connectivity index (χ0) is 9.33. The quantitative estimate of drug-likeness (QED) is 0.300.